The van der Waals surface area contributed by atoms with Crippen LogP contribution in [-0.2, 0) is 6.42 Å². The fourth-order valence-corrected chi connectivity index (χ4v) is 2.01. The highest BCUT2D eigenvalue weighted by Gasteiger charge is 2.10. The zero-order valence-electron chi connectivity index (χ0n) is 11.6. The van der Waals surface area contributed by atoms with Gasteiger partial charge in [0.25, 0.3) is 0 Å². The van der Waals surface area contributed by atoms with E-state index in [1.54, 1.807) is 7.11 Å². The van der Waals surface area contributed by atoms with Gasteiger partial charge in [-0.1, -0.05) is 6.07 Å². The molecule has 0 saturated carbocycles. The molecule has 0 unspecified atom stereocenters. The van der Waals surface area contributed by atoms with Gasteiger partial charge in [0.15, 0.2) is 5.82 Å². The lowest BCUT2D eigenvalue weighted by atomic mass is 10.1. The van der Waals surface area contributed by atoms with Gasteiger partial charge in [-0.2, -0.15) is 0 Å². The molecule has 0 fully saturated rings. The van der Waals surface area contributed by atoms with Gasteiger partial charge in [0.2, 0.25) is 0 Å². The predicted octanol–water partition coefficient (Wildman–Crippen LogP) is 2.27. The molecule has 1 aromatic heterocycles. The molecule has 0 amide bonds. The smallest absolute Gasteiger partial charge is 0.163 e. The van der Waals surface area contributed by atoms with Gasteiger partial charge >= 0.3 is 0 Å². The first kappa shape index (κ1) is 13.5. The van der Waals surface area contributed by atoms with E-state index in [1.807, 2.05) is 38.1 Å². The molecule has 0 spiro atoms. The highest BCUT2D eigenvalue weighted by molar-refractivity contribution is 5.65. The maximum Gasteiger partial charge on any atom is 0.163 e. The van der Waals surface area contributed by atoms with Crippen LogP contribution in [0.3, 0.4) is 0 Å². The summed E-state index contributed by atoms with van der Waals surface area (Å²) < 4.78 is 5.42. The van der Waals surface area contributed by atoms with Gasteiger partial charge in [0, 0.05) is 17.8 Å². The Morgan fingerprint density at radius 1 is 1.16 bits per heavy atom. The summed E-state index contributed by atoms with van der Waals surface area (Å²) in [6.45, 7) is 4.58. The summed E-state index contributed by atoms with van der Waals surface area (Å²) >= 11 is 0. The summed E-state index contributed by atoms with van der Waals surface area (Å²) in [6, 6.07) is 7.99. The molecule has 2 N–H and O–H groups in total. The first-order valence-corrected chi connectivity index (χ1v) is 6.33. The molecular formula is C15H19N3O. The Bertz CT molecular complexity index is 582. The first-order valence-electron chi connectivity index (χ1n) is 6.33. The molecule has 0 saturated heterocycles. The minimum atomic E-state index is 0.584. The van der Waals surface area contributed by atoms with E-state index in [4.69, 9.17) is 10.5 Å². The van der Waals surface area contributed by atoms with E-state index in [9.17, 15) is 0 Å². The van der Waals surface area contributed by atoms with E-state index in [2.05, 4.69) is 9.97 Å². The van der Waals surface area contributed by atoms with E-state index < -0.39 is 0 Å². The Balaban J connectivity index is 2.51. The minimum Gasteiger partial charge on any atom is -0.496 e. The van der Waals surface area contributed by atoms with E-state index >= 15 is 0 Å². The van der Waals surface area contributed by atoms with Gasteiger partial charge < -0.3 is 10.5 Å². The number of nitrogens with zero attached hydrogens (tertiary/aromatic N) is 2. The van der Waals surface area contributed by atoms with E-state index in [1.165, 1.54) is 0 Å². The summed E-state index contributed by atoms with van der Waals surface area (Å²) in [7, 11) is 1.66. The van der Waals surface area contributed by atoms with Crippen molar-refractivity contribution in [2.24, 2.45) is 5.73 Å². The van der Waals surface area contributed by atoms with Crippen LogP contribution in [0.2, 0.25) is 0 Å². The quantitative estimate of drug-likeness (QED) is 0.912. The van der Waals surface area contributed by atoms with Crippen LogP contribution < -0.4 is 10.5 Å². The van der Waals surface area contributed by atoms with E-state index in [-0.39, 0.29) is 0 Å². The van der Waals surface area contributed by atoms with Gasteiger partial charge in [-0.3, -0.25) is 0 Å². The molecule has 4 heteroatoms. The molecule has 1 heterocycles. The zero-order chi connectivity index (χ0) is 13.8. The topological polar surface area (TPSA) is 61.0 Å². The third-order valence-electron chi connectivity index (χ3n) is 2.91. The van der Waals surface area contributed by atoms with Crippen molar-refractivity contribution in [1.29, 1.82) is 0 Å². The number of aromatic nitrogens is 2. The zero-order valence-corrected chi connectivity index (χ0v) is 11.6. The lowest BCUT2D eigenvalue weighted by Gasteiger charge is -2.10. The summed E-state index contributed by atoms with van der Waals surface area (Å²) in [5.41, 5.74) is 9.56. The number of methoxy groups -OCH3 is 1. The standard InChI is InChI=1S/C15H19N3O/c1-10-4-5-13(14(8-10)19-3)15-17-11(2)9-12(18-15)6-7-16/h4-5,8-9H,6-7,16H2,1-3H3. The number of nitrogens with two attached hydrogens (primary N) is 1. The molecule has 19 heavy (non-hydrogen) atoms. The molecule has 2 aromatic rings. The third kappa shape index (κ3) is 3.09. The van der Waals surface area contributed by atoms with Crippen LogP contribution >= 0.6 is 0 Å². The Morgan fingerprint density at radius 2 is 1.95 bits per heavy atom. The molecule has 0 radical (unpaired) electrons. The molecule has 0 bridgehead atoms. The van der Waals surface area contributed by atoms with Gasteiger partial charge in [0.05, 0.1) is 12.7 Å². The number of hydrogen-bond acceptors (Lipinski definition) is 4. The van der Waals surface area contributed by atoms with Crippen molar-refractivity contribution in [1.82, 2.24) is 9.97 Å². The van der Waals surface area contributed by atoms with Gasteiger partial charge in [0.1, 0.15) is 5.75 Å². The van der Waals surface area contributed by atoms with Crippen molar-refractivity contribution in [2.75, 3.05) is 13.7 Å². The lowest BCUT2D eigenvalue weighted by Crippen LogP contribution is -2.06. The summed E-state index contributed by atoms with van der Waals surface area (Å²) in [6.07, 6.45) is 0.755. The second-order valence-electron chi connectivity index (χ2n) is 4.57. The monoisotopic (exact) mass is 257 g/mol. The maximum atomic E-state index is 5.59. The van der Waals surface area contributed by atoms with E-state index in [0.717, 1.165) is 34.7 Å². The largest absolute Gasteiger partial charge is 0.496 e. The highest BCUT2D eigenvalue weighted by atomic mass is 16.5. The SMILES string of the molecule is COc1cc(C)ccc1-c1nc(C)cc(CCN)n1. The second-order valence-corrected chi connectivity index (χ2v) is 4.57. The molecule has 4 nitrogen and oxygen atoms in total. The normalized spacial score (nSPS) is 10.5. The molecule has 0 aliphatic carbocycles. The molecule has 2 rings (SSSR count). The lowest BCUT2D eigenvalue weighted by molar-refractivity contribution is 0.416. The molecule has 0 atom stereocenters. The molecular weight excluding hydrogens is 238 g/mol. The summed E-state index contributed by atoms with van der Waals surface area (Å²) in [4.78, 5) is 9.05. The molecule has 0 aliphatic rings. The number of benzene rings is 1. The number of rotatable bonds is 4. The Morgan fingerprint density at radius 3 is 2.63 bits per heavy atom. The molecule has 1 aromatic carbocycles. The second kappa shape index (κ2) is 5.80. The van der Waals surface area contributed by atoms with Crippen LogP contribution in [0.5, 0.6) is 5.75 Å². The van der Waals surface area contributed by atoms with Crippen LogP contribution in [0.25, 0.3) is 11.4 Å². The van der Waals surface area contributed by atoms with Crippen molar-refractivity contribution >= 4 is 0 Å². The Labute approximate surface area is 113 Å². The van der Waals surface area contributed by atoms with Crippen molar-refractivity contribution in [3.05, 3.63) is 41.2 Å². The highest BCUT2D eigenvalue weighted by Crippen LogP contribution is 2.28. The Hall–Kier alpha value is -1.94. The van der Waals surface area contributed by atoms with Crippen LogP contribution in [0.15, 0.2) is 24.3 Å². The fourth-order valence-electron chi connectivity index (χ4n) is 2.01. The third-order valence-corrected chi connectivity index (χ3v) is 2.91. The average molecular weight is 257 g/mol. The van der Waals surface area contributed by atoms with Gasteiger partial charge in [-0.25, -0.2) is 9.97 Å². The van der Waals surface area contributed by atoms with Crippen molar-refractivity contribution in [3.8, 4) is 17.1 Å². The molecule has 100 valence electrons. The maximum absolute atomic E-state index is 5.59. The molecule has 0 aliphatic heterocycles. The Kier molecular flexibility index (Phi) is 4.12. The first-order chi connectivity index (χ1) is 9.13. The predicted molar refractivity (Wildman–Crippen MR) is 76.3 cm³/mol. The van der Waals surface area contributed by atoms with Crippen LogP contribution in [0, 0.1) is 13.8 Å². The van der Waals surface area contributed by atoms with Gasteiger partial charge in [-0.15, -0.1) is 0 Å². The summed E-state index contributed by atoms with van der Waals surface area (Å²) in [5, 5.41) is 0. The van der Waals surface area contributed by atoms with Crippen LogP contribution in [0.4, 0.5) is 0 Å². The average Bonchev–Trinajstić information content (AvgIpc) is 2.38. The van der Waals surface area contributed by atoms with E-state index in [0.29, 0.717) is 12.4 Å². The minimum absolute atomic E-state index is 0.584. The number of aryl methyl sites for hydroxylation is 2. The summed E-state index contributed by atoms with van der Waals surface area (Å²) in [5.74, 6) is 1.49. The van der Waals surface area contributed by atoms with Crippen LogP contribution in [-0.4, -0.2) is 23.6 Å². The fraction of sp³-hybridized carbons (Fsp3) is 0.333. The number of hydrogen-bond donors (Lipinski definition) is 1. The van der Waals surface area contributed by atoms with Crippen molar-refractivity contribution in [2.45, 2.75) is 20.3 Å². The van der Waals surface area contributed by atoms with Crippen molar-refractivity contribution in [3.63, 3.8) is 0 Å². The van der Waals surface area contributed by atoms with Crippen molar-refractivity contribution < 1.29 is 4.74 Å². The number of ether oxygens (including phenoxy) is 1. The van der Waals surface area contributed by atoms with Crippen LogP contribution in [0.1, 0.15) is 17.0 Å². The van der Waals surface area contributed by atoms with Gasteiger partial charge in [-0.05, 0) is 44.2 Å².